The van der Waals surface area contributed by atoms with E-state index in [9.17, 15) is 0 Å². The maximum atomic E-state index is 5.72. The van der Waals surface area contributed by atoms with Gasteiger partial charge in [-0.05, 0) is 18.6 Å². The minimum absolute atomic E-state index is 0.556. The lowest BCUT2D eigenvalue weighted by Gasteiger charge is -2.08. The average molecular weight is 294 g/mol. The predicted octanol–water partition coefficient (Wildman–Crippen LogP) is 3.27. The molecule has 22 heavy (non-hydrogen) atoms. The van der Waals surface area contributed by atoms with Gasteiger partial charge in [0, 0.05) is 5.56 Å². The van der Waals surface area contributed by atoms with E-state index in [0.29, 0.717) is 19.1 Å². The van der Waals surface area contributed by atoms with Crippen LogP contribution in [0.25, 0.3) is 11.4 Å². The highest BCUT2D eigenvalue weighted by Crippen LogP contribution is 2.16. The summed E-state index contributed by atoms with van der Waals surface area (Å²) in [5, 5.41) is 10.2. The fraction of sp³-hybridized carbons (Fsp3) is 0.176. The smallest absolute Gasteiger partial charge is 0.242 e. The van der Waals surface area contributed by atoms with Gasteiger partial charge in [-0.15, -0.1) is 5.10 Å². The fourth-order valence-electron chi connectivity index (χ4n) is 2.11. The lowest BCUT2D eigenvalue weighted by atomic mass is 10.2. The summed E-state index contributed by atoms with van der Waals surface area (Å²) in [6, 6.07) is 17.9. The molecule has 0 amide bonds. The van der Waals surface area contributed by atoms with Crippen molar-refractivity contribution in [2.75, 3.05) is 18.5 Å². The fourth-order valence-corrected chi connectivity index (χ4v) is 2.11. The van der Waals surface area contributed by atoms with Gasteiger partial charge in [0.1, 0.15) is 12.4 Å². The van der Waals surface area contributed by atoms with Crippen LogP contribution in [-0.4, -0.2) is 28.3 Å². The van der Waals surface area contributed by atoms with E-state index < -0.39 is 0 Å². The van der Waals surface area contributed by atoms with Gasteiger partial charge in [-0.3, -0.25) is 5.10 Å². The van der Waals surface area contributed by atoms with E-state index in [1.54, 1.807) is 0 Å². The highest BCUT2D eigenvalue weighted by atomic mass is 16.5. The normalized spacial score (nSPS) is 10.4. The molecule has 1 aromatic heterocycles. The lowest BCUT2D eigenvalue weighted by Crippen LogP contribution is -2.12. The first-order valence-electron chi connectivity index (χ1n) is 7.23. The van der Waals surface area contributed by atoms with E-state index in [0.717, 1.165) is 22.7 Å². The highest BCUT2D eigenvalue weighted by Gasteiger charge is 2.04. The quantitative estimate of drug-likeness (QED) is 0.685. The molecule has 0 aliphatic carbocycles. The van der Waals surface area contributed by atoms with Crippen LogP contribution in [0.3, 0.4) is 0 Å². The molecule has 0 aliphatic heterocycles. The summed E-state index contributed by atoms with van der Waals surface area (Å²) < 4.78 is 5.72. The molecule has 2 N–H and O–H groups in total. The van der Waals surface area contributed by atoms with Gasteiger partial charge >= 0.3 is 0 Å². The number of nitrogens with zero attached hydrogens (tertiary/aromatic N) is 2. The minimum atomic E-state index is 0.556. The topological polar surface area (TPSA) is 62.8 Å². The van der Waals surface area contributed by atoms with Gasteiger partial charge in [-0.1, -0.05) is 48.5 Å². The summed E-state index contributed by atoms with van der Waals surface area (Å²) in [4.78, 5) is 4.41. The van der Waals surface area contributed by atoms with Gasteiger partial charge in [-0.25, -0.2) is 0 Å². The molecule has 1 heterocycles. The van der Waals surface area contributed by atoms with Crippen molar-refractivity contribution in [1.29, 1.82) is 0 Å². The van der Waals surface area contributed by atoms with Crippen LogP contribution in [-0.2, 0) is 0 Å². The first-order chi connectivity index (χ1) is 10.8. The SMILES string of the molecule is Cc1ccccc1OCCNc1n[nH]c(-c2ccccc2)n1. The van der Waals surface area contributed by atoms with E-state index in [1.807, 2.05) is 61.5 Å². The van der Waals surface area contributed by atoms with Crippen LogP contribution in [0.5, 0.6) is 5.75 Å². The van der Waals surface area contributed by atoms with Crippen molar-refractivity contribution in [3.8, 4) is 17.1 Å². The number of aryl methyl sites for hydroxylation is 1. The van der Waals surface area contributed by atoms with Crippen molar-refractivity contribution in [3.05, 3.63) is 60.2 Å². The summed E-state index contributed by atoms with van der Waals surface area (Å²) in [6.07, 6.45) is 0. The van der Waals surface area contributed by atoms with Crippen molar-refractivity contribution in [1.82, 2.24) is 15.2 Å². The Morgan fingerprint density at radius 2 is 1.82 bits per heavy atom. The molecule has 0 saturated heterocycles. The van der Waals surface area contributed by atoms with Crippen molar-refractivity contribution in [2.24, 2.45) is 0 Å². The van der Waals surface area contributed by atoms with Crippen LogP contribution >= 0.6 is 0 Å². The van der Waals surface area contributed by atoms with Crippen LogP contribution in [0.2, 0.25) is 0 Å². The Morgan fingerprint density at radius 1 is 1.05 bits per heavy atom. The summed E-state index contributed by atoms with van der Waals surface area (Å²) >= 11 is 0. The van der Waals surface area contributed by atoms with Crippen LogP contribution in [0, 0.1) is 6.92 Å². The summed E-state index contributed by atoms with van der Waals surface area (Å²) in [5.74, 6) is 2.24. The Bertz CT molecular complexity index is 724. The number of hydrogen-bond donors (Lipinski definition) is 2. The Morgan fingerprint density at radius 3 is 2.64 bits per heavy atom. The number of ether oxygens (including phenoxy) is 1. The van der Waals surface area contributed by atoms with Crippen molar-refractivity contribution in [3.63, 3.8) is 0 Å². The second-order valence-electron chi connectivity index (χ2n) is 4.91. The Kier molecular flexibility index (Phi) is 4.34. The number of H-pyrrole nitrogens is 1. The monoisotopic (exact) mass is 294 g/mol. The second-order valence-corrected chi connectivity index (χ2v) is 4.91. The van der Waals surface area contributed by atoms with Crippen LogP contribution in [0.1, 0.15) is 5.56 Å². The molecule has 0 unspecified atom stereocenters. The molecule has 0 radical (unpaired) electrons. The molecule has 0 atom stereocenters. The number of nitrogens with one attached hydrogen (secondary N) is 2. The van der Waals surface area contributed by atoms with Crippen LogP contribution in [0.4, 0.5) is 5.95 Å². The molecule has 0 aliphatic rings. The minimum Gasteiger partial charge on any atom is -0.491 e. The molecular weight excluding hydrogens is 276 g/mol. The van der Waals surface area contributed by atoms with Gasteiger partial charge in [0.2, 0.25) is 5.95 Å². The summed E-state index contributed by atoms with van der Waals surface area (Å²) in [5.41, 5.74) is 2.14. The van der Waals surface area contributed by atoms with Crippen LogP contribution in [0.15, 0.2) is 54.6 Å². The first-order valence-corrected chi connectivity index (χ1v) is 7.23. The second kappa shape index (κ2) is 6.76. The van der Waals surface area contributed by atoms with Crippen molar-refractivity contribution < 1.29 is 4.74 Å². The molecule has 3 aromatic rings. The van der Waals surface area contributed by atoms with Crippen molar-refractivity contribution >= 4 is 5.95 Å². The van der Waals surface area contributed by atoms with Crippen molar-refractivity contribution in [2.45, 2.75) is 6.92 Å². The van der Waals surface area contributed by atoms with E-state index >= 15 is 0 Å². The first kappa shape index (κ1) is 14.1. The van der Waals surface area contributed by atoms with E-state index in [4.69, 9.17) is 4.74 Å². The molecule has 0 bridgehead atoms. The molecular formula is C17H18N4O. The van der Waals surface area contributed by atoms with Crippen LogP contribution < -0.4 is 10.1 Å². The molecule has 5 nitrogen and oxygen atoms in total. The maximum absolute atomic E-state index is 5.72. The Labute approximate surface area is 129 Å². The van der Waals surface area contributed by atoms with Gasteiger partial charge < -0.3 is 10.1 Å². The zero-order valence-corrected chi connectivity index (χ0v) is 12.4. The third-order valence-electron chi connectivity index (χ3n) is 3.27. The number of aromatic nitrogens is 3. The number of anilines is 1. The van der Waals surface area contributed by atoms with E-state index in [1.165, 1.54) is 0 Å². The lowest BCUT2D eigenvalue weighted by molar-refractivity contribution is 0.330. The zero-order valence-electron chi connectivity index (χ0n) is 12.4. The number of hydrogen-bond acceptors (Lipinski definition) is 4. The molecule has 0 fully saturated rings. The molecule has 5 heteroatoms. The zero-order chi connectivity index (χ0) is 15.2. The average Bonchev–Trinajstić information content (AvgIpc) is 3.03. The summed E-state index contributed by atoms with van der Waals surface area (Å²) in [7, 11) is 0. The van der Waals surface area contributed by atoms with Gasteiger partial charge in [-0.2, -0.15) is 4.98 Å². The maximum Gasteiger partial charge on any atom is 0.242 e. The van der Waals surface area contributed by atoms with Gasteiger partial charge in [0.05, 0.1) is 6.54 Å². The molecule has 3 rings (SSSR count). The third kappa shape index (κ3) is 3.44. The Balaban J connectivity index is 1.51. The highest BCUT2D eigenvalue weighted by molar-refractivity contribution is 5.55. The standard InChI is InChI=1S/C17H18N4O/c1-13-7-5-6-10-15(13)22-12-11-18-17-19-16(20-21-17)14-8-3-2-4-9-14/h2-10H,11-12H2,1H3,(H2,18,19,20,21). The third-order valence-corrected chi connectivity index (χ3v) is 3.27. The number of para-hydroxylation sites is 1. The molecule has 0 spiro atoms. The molecule has 112 valence electrons. The summed E-state index contributed by atoms with van der Waals surface area (Å²) in [6.45, 7) is 3.23. The number of benzene rings is 2. The van der Waals surface area contributed by atoms with Gasteiger partial charge in [0.15, 0.2) is 5.82 Å². The number of rotatable bonds is 6. The van der Waals surface area contributed by atoms with E-state index in [-0.39, 0.29) is 0 Å². The molecule has 2 aromatic carbocycles. The Hall–Kier alpha value is -2.82. The number of aromatic amines is 1. The van der Waals surface area contributed by atoms with E-state index in [2.05, 4.69) is 20.5 Å². The predicted molar refractivity (Wildman–Crippen MR) is 87.0 cm³/mol. The molecule has 0 saturated carbocycles. The van der Waals surface area contributed by atoms with Gasteiger partial charge in [0.25, 0.3) is 0 Å². The largest absolute Gasteiger partial charge is 0.491 e.